The predicted octanol–water partition coefficient (Wildman–Crippen LogP) is 4.96. The predicted molar refractivity (Wildman–Crippen MR) is 133 cm³/mol. The summed E-state index contributed by atoms with van der Waals surface area (Å²) in [7, 11) is 0. The number of anilines is 1. The largest absolute Gasteiger partial charge is 0.342 e. The van der Waals surface area contributed by atoms with Gasteiger partial charge >= 0.3 is 0 Å². The molecule has 0 aliphatic rings. The Kier molecular flexibility index (Phi) is 8.30. The zero-order chi connectivity index (χ0) is 24.0. The standard InChI is InChI=1S/C24H26ClN5O2S/c1-5-12-30-22(17(4)26-23(32)18-8-6-7-9-19(18)25)28-29-24(30)33-14-21(31)27-20-11-10-15(2)13-16(20)3/h5-11,13,17H,1,12,14H2,2-4H3,(H,26,32)(H,27,31)/t17-/m0/s1. The van der Waals surface area contributed by atoms with Crippen LogP contribution < -0.4 is 10.6 Å². The molecular weight excluding hydrogens is 458 g/mol. The number of nitrogens with one attached hydrogen (secondary N) is 2. The van der Waals surface area contributed by atoms with Crippen molar-refractivity contribution in [2.24, 2.45) is 0 Å². The Hall–Kier alpha value is -3.10. The molecule has 0 unspecified atom stereocenters. The summed E-state index contributed by atoms with van der Waals surface area (Å²) in [6.07, 6.45) is 1.72. The van der Waals surface area contributed by atoms with Crippen LogP contribution in [0, 0.1) is 13.8 Å². The van der Waals surface area contributed by atoms with Crippen LogP contribution in [0.15, 0.2) is 60.3 Å². The molecule has 0 aliphatic heterocycles. The van der Waals surface area contributed by atoms with Crippen molar-refractivity contribution in [3.8, 4) is 0 Å². The Morgan fingerprint density at radius 1 is 1.21 bits per heavy atom. The van der Waals surface area contributed by atoms with E-state index in [1.165, 1.54) is 11.8 Å². The molecule has 33 heavy (non-hydrogen) atoms. The Balaban J connectivity index is 1.68. The minimum Gasteiger partial charge on any atom is -0.342 e. The van der Waals surface area contributed by atoms with E-state index in [1.54, 1.807) is 30.3 Å². The highest BCUT2D eigenvalue weighted by Crippen LogP contribution is 2.23. The monoisotopic (exact) mass is 483 g/mol. The first-order valence-electron chi connectivity index (χ1n) is 10.4. The second-order valence-corrected chi connectivity index (χ2v) is 8.92. The van der Waals surface area contributed by atoms with Gasteiger partial charge in [-0.2, -0.15) is 0 Å². The number of thioether (sulfide) groups is 1. The number of aromatic nitrogens is 3. The number of hydrogen-bond acceptors (Lipinski definition) is 5. The molecular formula is C24H26ClN5O2S. The molecule has 7 nitrogen and oxygen atoms in total. The number of halogens is 1. The zero-order valence-electron chi connectivity index (χ0n) is 18.8. The van der Waals surface area contributed by atoms with Crippen molar-refractivity contribution in [3.05, 3.63) is 82.7 Å². The maximum atomic E-state index is 12.6. The highest BCUT2D eigenvalue weighted by atomic mass is 35.5. The molecule has 0 spiro atoms. The van der Waals surface area contributed by atoms with Crippen LogP contribution in [0.3, 0.4) is 0 Å². The Bertz CT molecular complexity index is 1180. The second kappa shape index (κ2) is 11.2. The fraction of sp³-hybridized carbons (Fsp3) is 0.250. The van der Waals surface area contributed by atoms with E-state index in [4.69, 9.17) is 11.6 Å². The van der Waals surface area contributed by atoms with E-state index in [0.717, 1.165) is 16.8 Å². The Morgan fingerprint density at radius 2 is 1.97 bits per heavy atom. The lowest BCUT2D eigenvalue weighted by molar-refractivity contribution is -0.113. The van der Waals surface area contributed by atoms with Gasteiger partial charge in [0.25, 0.3) is 5.91 Å². The summed E-state index contributed by atoms with van der Waals surface area (Å²) < 4.78 is 1.83. The summed E-state index contributed by atoms with van der Waals surface area (Å²) in [5.74, 6) is 0.292. The summed E-state index contributed by atoms with van der Waals surface area (Å²) in [5.41, 5.74) is 3.32. The van der Waals surface area contributed by atoms with Gasteiger partial charge in [0.05, 0.1) is 22.4 Å². The summed E-state index contributed by atoms with van der Waals surface area (Å²) in [6, 6.07) is 12.3. The maximum absolute atomic E-state index is 12.6. The van der Waals surface area contributed by atoms with Gasteiger partial charge in [-0.25, -0.2) is 0 Å². The Morgan fingerprint density at radius 3 is 2.67 bits per heavy atom. The Labute approximate surface area is 202 Å². The van der Waals surface area contributed by atoms with Gasteiger partial charge in [-0.15, -0.1) is 16.8 Å². The molecule has 9 heteroatoms. The highest BCUT2D eigenvalue weighted by Gasteiger charge is 2.21. The first-order valence-corrected chi connectivity index (χ1v) is 11.8. The van der Waals surface area contributed by atoms with E-state index in [1.807, 2.05) is 43.5 Å². The van der Waals surface area contributed by atoms with Crippen molar-refractivity contribution in [1.29, 1.82) is 0 Å². The van der Waals surface area contributed by atoms with E-state index in [0.29, 0.717) is 28.1 Å². The van der Waals surface area contributed by atoms with Gasteiger partial charge in [-0.05, 0) is 44.5 Å². The number of benzene rings is 2. The lowest BCUT2D eigenvalue weighted by Gasteiger charge is -2.15. The summed E-state index contributed by atoms with van der Waals surface area (Å²) in [6.45, 7) is 10.0. The lowest BCUT2D eigenvalue weighted by atomic mass is 10.1. The molecule has 1 aromatic heterocycles. The van der Waals surface area contributed by atoms with Crippen LogP contribution in [0.1, 0.15) is 40.3 Å². The second-order valence-electron chi connectivity index (χ2n) is 7.57. The van der Waals surface area contributed by atoms with Crippen molar-refractivity contribution >= 4 is 40.9 Å². The maximum Gasteiger partial charge on any atom is 0.253 e. The molecule has 0 saturated heterocycles. The van der Waals surface area contributed by atoms with Crippen molar-refractivity contribution < 1.29 is 9.59 Å². The SMILES string of the molecule is C=CCn1c(SCC(=O)Nc2ccc(C)cc2C)nnc1[C@H](C)NC(=O)c1ccccc1Cl. The third kappa shape index (κ3) is 6.24. The third-order valence-electron chi connectivity index (χ3n) is 4.90. The molecule has 1 heterocycles. The summed E-state index contributed by atoms with van der Waals surface area (Å²) in [4.78, 5) is 25.1. The van der Waals surface area contributed by atoms with Crippen LogP contribution in [-0.2, 0) is 11.3 Å². The van der Waals surface area contributed by atoms with Crippen molar-refractivity contribution in [2.75, 3.05) is 11.1 Å². The van der Waals surface area contributed by atoms with Crippen molar-refractivity contribution in [3.63, 3.8) is 0 Å². The molecule has 3 rings (SSSR count). The van der Waals surface area contributed by atoms with E-state index in [2.05, 4.69) is 27.4 Å². The van der Waals surface area contributed by atoms with Gasteiger partial charge < -0.3 is 15.2 Å². The molecule has 0 radical (unpaired) electrons. The number of carbonyl (C=O) groups excluding carboxylic acids is 2. The number of nitrogens with zero attached hydrogens (tertiary/aromatic N) is 3. The fourth-order valence-electron chi connectivity index (χ4n) is 3.28. The zero-order valence-corrected chi connectivity index (χ0v) is 20.3. The average molecular weight is 484 g/mol. The number of allylic oxidation sites excluding steroid dienone is 1. The molecule has 0 fully saturated rings. The van der Waals surface area contributed by atoms with Crippen LogP contribution in [-0.4, -0.2) is 32.3 Å². The van der Waals surface area contributed by atoms with Crippen LogP contribution in [0.5, 0.6) is 0 Å². The minimum atomic E-state index is -0.431. The molecule has 0 bridgehead atoms. The topological polar surface area (TPSA) is 88.9 Å². The van der Waals surface area contributed by atoms with Gasteiger partial charge in [0.2, 0.25) is 5.91 Å². The van der Waals surface area contributed by atoms with Crippen LogP contribution >= 0.6 is 23.4 Å². The van der Waals surface area contributed by atoms with E-state index >= 15 is 0 Å². The molecule has 3 aromatic rings. The smallest absolute Gasteiger partial charge is 0.253 e. The van der Waals surface area contributed by atoms with Crippen LogP contribution in [0.2, 0.25) is 5.02 Å². The molecule has 1 atom stereocenters. The molecule has 2 N–H and O–H groups in total. The van der Waals surface area contributed by atoms with E-state index in [-0.39, 0.29) is 17.6 Å². The first-order chi connectivity index (χ1) is 15.8. The number of amides is 2. The summed E-state index contributed by atoms with van der Waals surface area (Å²) >= 11 is 7.41. The molecule has 0 aliphatic carbocycles. The van der Waals surface area contributed by atoms with Gasteiger partial charge in [0.1, 0.15) is 0 Å². The lowest BCUT2D eigenvalue weighted by Crippen LogP contribution is -2.29. The number of carbonyl (C=O) groups is 2. The van der Waals surface area contributed by atoms with E-state index < -0.39 is 6.04 Å². The number of rotatable bonds is 9. The minimum absolute atomic E-state index is 0.137. The normalized spacial score (nSPS) is 11.6. The van der Waals surface area contributed by atoms with Crippen molar-refractivity contribution in [1.82, 2.24) is 20.1 Å². The van der Waals surface area contributed by atoms with Crippen LogP contribution in [0.4, 0.5) is 5.69 Å². The van der Waals surface area contributed by atoms with Gasteiger partial charge in [0, 0.05) is 12.2 Å². The van der Waals surface area contributed by atoms with Gasteiger partial charge in [-0.1, -0.05) is 59.3 Å². The number of aryl methyl sites for hydroxylation is 2. The molecule has 172 valence electrons. The van der Waals surface area contributed by atoms with Gasteiger partial charge in [0.15, 0.2) is 11.0 Å². The quantitative estimate of drug-likeness (QED) is 0.332. The van der Waals surface area contributed by atoms with Crippen molar-refractivity contribution in [2.45, 2.75) is 38.5 Å². The van der Waals surface area contributed by atoms with E-state index in [9.17, 15) is 9.59 Å². The molecule has 2 amide bonds. The average Bonchev–Trinajstić information content (AvgIpc) is 3.17. The number of hydrogen-bond donors (Lipinski definition) is 2. The van der Waals surface area contributed by atoms with Crippen LogP contribution in [0.25, 0.3) is 0 Å². The third-order valence-corrected chi connectivity index (χ3v) is 6.20. The molecule has 2 aromatic carbocycles. The first kappa shape index (κ1) is 24.5. The summed E-state index contributed by atoms with van der Waals surface area (Å²) in [5, 5.41) is 15.3. The highest BCUT2D eigenvalue weighted by molar-refractivity contribution is 7.99. The molecule has 0 saturated carbocycles. The fourth-order valence-corrected chi connectivity index (χ4v) is 4.26. The van der Waals surface area contributed by atoms with Gasteiger partial charge in [-0.3, -0.25) is 9.59 Å².